The van der Waals surface area contributed by atoms with E-state index in [4.69, 9.17) is 4.74 Å². The lowest BCUT2D eigenvalue weighted by Gasteiger charge is -2.08. The summed E-state index contributed by atoms with van der Waals surface area (Å²) in [5.74, 6) is 0.361. The molecular weight excluding hydrogens is 273 g/mol. The van der Waals surface area contributed by atoms with E-state index in [1.165, 1.54) is 25.6 Å². The van der Waals surface area contributed by atoms with Gasteiger partial charge in [-0.25, -0.2) is 14.1 Å². The number of aromatic nitrogens is 3. The number of ether oxygens (including phenoxy) is 1. The van der Waals surface area contributed by atoms with E-state index >= 15 is 0 Å². The maximum absolute atomic E-state index is 13.6. The Kier molecular flexibility index (Phi) is 4.67. The Morgan fingerprint density at radius 1 is 1.43 bits per heavy atom. The zero-order chi connectivity index (χ0) is 15.4. The van der Waals surface area contributed by atoms with Crippen molar-refractivity contribution >= 4 is 5.78 Å². The number of ketones is 1. The van der Waals surface area contributed by atoms with Gasteiger partial charge in [0.15, 0.2) is 17.3 Å². The quantitative estimate of drug-likeness (QED) is 0.767. The summed E-state index contributed by atoms with van der Waals surface area (Å²) in [6.45, 7) is 4.82. The standard InChI is InChI=1S/C15H18FN3O2/c1-10(2)8-19-15(17-9-18-19)7-13(20)11-4-5-14(21-3)12(16)6-11/h4-6,9-10H,7-8H2,1-3H3. The summed E-state index contributed by atoms with van der Waals surface area (Å²) >= 11 is 0. The van der Waals surface area contributed by atoms with Gasteiger partial charge in [-0.3, -0.25) is 4.79 Å². The molecule has 0 saturated carbocycles. The van der Waals surface area contributed by atoms with Crippen molar-refractivity contribution in [3.8, 4) is 5.75 Å². The van der Waals surface area contributed by atoms with E-state index < -0.39 is 5.82 Å². The van der Waals surface area contributed by atoms with Crippen LogP contribution >= 0.6 is 0 Å². The van der Waals surface area contributed by atoms with E-state index in [0.717, 1.165) is 0 Å². The lowest BCUT2D eigenvalue weighted by molar-refractivity contribution is 0.0988. The fourth-order valence-electron chi connectivity index (χ4n) is 2.01. The first kappa shape index (κ1) is 15.2. The van der Waals surface area contributed by atoms with Gasteiger partial charge in [0.05, 0.1) is 13.5 Å². The number of nitrogens with zero attached hydrogens (tertiary/aromatic N) is 3. The third-order valence-electron chi connectivity index (χ3n) is 3.03. The topological polar surface area (TPSA) is 57.0 Å². The summed E-state index contributed by atoms with van der Waals surface area (Å²) in [4.78, 5) is 16.3. The van der Waals surface area contributed by atoms with E-state index in [1.807, 2.05) is 0 Å². The number of carbonyl (C=O) groups excluding carboxylic acids is 1. The van der Waals surface area contributed by atoms with Crippen molar-refractivity contribution in [3.05, 3.63) is 41.7 Å². The fraction of sp³-hybridized carbons (Fsp3) is 0.400. The van der Waals surface area contributed by atoms with E-state index in [1.54, 1.807) is 10.7 Å². The SMILES string of the molecule is COc1ccc(C(=O)Cc2ncnn2CC(C)C)cc1F. The average Bonchev–Trinajstić information content (AvgIpc) is 2.85. The molecule has 6 heteroatoms. The van der Waals surface area contributed by atoms with Crippen molar-refractivity contribution in [2.75, 3.05) is 7.11 Å². The predicted octanol–water partition coefficient (Wildman–Crippen LogP) is 2.51. The van der Waals surface area contributed by atoms with Crippen molar-refractivity contribution in [2.24, 2.45) is 5.92 Å². The molecule has 21 heavy (non-hydrogen) atoms. The largest absolute Gasteiger partial charge is 0.494 e. The average molecular weight is 291 g/mol. The Hall–Kier alpha value is -2.24. The number of rotatable bonds is 6. The normalized spacial score (nSPS) is 10.9. The number of halogens is 1. The number of hydrogen-bond acceptors (Lipinski definition) is 4. The number of benzene rings is 1. The molecule has 0 unspecified atom stereocenters. The maximum atomic E-state index is 13.6. The van der Waals surface area contributed by atoms with Gasteiger partial charge in [0, 0.05) is 12.1 Å². The lowest BCUT2D eigenvalue weighted by atomic mass is 10.1. The molecule has 1 heterocycles. The van der Waals surface area contributed by atoms with Crippen LogP contribution in [0.5, 0.6) is 5.75 Å². The van der Waals surface area contributed by atoms with Crippen LogP contribution < -0.4 is 4.74 Å². The minimum absolute atomic E-state index is 0.0957. The van der Waals surface area contributed by atoms with Crippen LogP contribution in [0.25, 0.3) is 0 Å². The zero-order valence-corrected chi connectivity index (χ0v) is 12.3. The third kappa shape index (κ3) is 3.65. The highest BCUT2D eigenvalue weighted by atomic mass is 19.1. The molecule has 0 bridgehead atoms. The van der Waals surface area contributed by atoms with Gasteiger partial charge in [0.2, 0.25) is 0 Å². The van der Waals surface area contributed by atoms with E-state index in [9.17, 15) is 9.18 Å². The first-order chi connectivity index (χ1) is 10.0. The molecule has 0 spiro atoms. The van der Waals surface area contributed by atoms with Crippen molar-refractivity contribution in [3.63, 3.8) is 0 Å². The number of Topliss-reactive ketones (excluding diaryl/α,β-unsaturated/α-hetero) is 1. The monoisotopic (exact) mass is 291 g/mol. The van der Waals surface area contributed by atoms with Crippen molar-refractivity contribution in [1.82, 2.24) is 14.8 Å². The highest BCUT2D eigenvalue weighted by molar-refractivity contribution is 5.97. The molecule has 0 aliphatic heterocycles. The van der Waals surface area contributed by atoms with Gasteiger partial charge in [-0.05, 0) is 24.1 Å². The van der Waals surface area contributed by atoms with Crippen molar-refractivity contribution < 1.29 is 13.9 Å². The summed E-state index contributed by atoms with van der Waals surface area (Å²) < 4.78 is 20.2. The summed E-state index contributed by atoms with van der Waals surface area (Å²) in [6.07, 6.45) is 1.53. The lowest BCUT2D eigenvalue weighted by Crippen LogP contribution is -2.14. The highest BCUT2D eigenvalue weighted by Gasteiger charge is 2.15. The van der Waals surface area contributed by atoms with E-state index in [0.29, 0.717) is 23.9 Å². The molecule has 0 saturated heterocycles. The fourth-order valence-corrected chi connectivity index (χ4v) is 2.01. The molecule has 1 aromatic carbocycles. The molecule has 2 rings (SSSR count). The Morgan fingerprint density at radius 3 is 2.81 bits per heavy atom. The maximum Gasteiger partial charge on any atom is 0.170 e. The van der Waals surface area contributed by atoms with Crippen LogP contribution in [0.4, 0.5) is 4.39 Å². The van der Waals surface area contributed by atoms with Crippen molar-refractivity contribution in [2.45, 2.75) is 26.8 Å². The van der Waals surface area contributed by atoms with Crippen LogP contribution in [0, 0.1) is 11.7 Å². The van der Waals surface area contributed by atoms with Crippen LogP contribution in [0.2, 0.25) is 0 Å². The molecule has 0 amide bonds. The third-order valence-corrected chi connectivity index (χ3v) is 3.03. The molecule has 2 aromatic rings. The van der Waals surface area contributed by atoms with Crippen LogP contribution in [-0.2, 0) is 13.0 Å². The molecule has 1 aromatic heterocycles. The minimum atomic E-state index is -0.549. The Balaban J connectivity index is 2.15. The second-order valence-electron chi connectivity index (χ2n) is 5.20. The molecule has 5 nitrogen and oxygen atoms in total. The molecule has 112 valence electrons. The van der Waals surface area contributed by atoms with Gasteiger partial charge in [-0.2, -0.15) is 5.10 Å². The van der Waals surface area contributed by atoms with Crippen molar-refractivity contribution in [1.29, 1.82) is 0 Å². The van der Waals surface area contributed by atoms with Gasteiger partial charge < -0.3 is 4.74 Å². The Labute approximate surface area is 122 Å². The summed E-state index contributed by atoms with van der Waals surface area (Å²) in [5, 5.41) is 4.11. The minimum Gasteiger partial charge on any atom is -0.494 e. The molecule has 0 N–H and O–H groups in total. The van der Waals surface area contributed by atoms with E-state index in [-0.39, 0.29) is 18.0 Å². The summed E-state index contributed by atoms with van der Waals surface area (Å²) in [5.41, 5.74) is 0.299. The zero-order valence-electron chi connectivity index (χ0n) is 12.3. The Bertz CT molecular complexity index is 638. The molecule has 0 fully saturated rings. The Morgan fingerprint density at radius 2 is 2.19 bits per heavy atom. The first-order valence-electron chi connectivity index (χ1n) is 6.74. The highest BCUT2D eigenvalue weighted by Crippen LogP contribution is 2.18. The number of carbonyl (C=O) groups is 1. The predicted molar refractivity (Wildman–Crippen MR) is 75.8 cm³/mol. The second kappa shape index (κ2) is 6.47. The summed E-state index contributed by atoms with van der Waals surface area (Å²) in [7, 11) is 1.38. The van der Waals surface area contributed by atoms with Crippen LogP contribution in [-0.4, -0.2) is 27.7 Å². The van der Waals surface area contributed by atoms with Gasteiger partial charge in [-0.1, -0.05) is 13.8 Å². The molecule has 0 radical (unpaired) electrons. The van der Waals surface area contributed by atoms with Gasteiger partial charge in [-0.15, -0.1) is 0 Å². The van der Waals surface area contributed by atoms with E-state index in [2.05, 4.69) is 23.9 Å². The smallest absolute Gasteiger partial charge is 0.170 e. The second-order valence-corrected chi connectivity index (χ2v) is 5.20. The van der Waals surface area contributed by atoms with Gasteiger partial charge in [0.1, 0.15) is 12.2 Å². The molecule has 0 atom stereocenters. The van der Waals surface area contributed by atoms with Crippen LogP contribution in [0.15, 0.2) is 24.5 Å². The summed E-state index contributed by atoms with van der Waals surface area (Å²) in [6, 6.07) is 4.18. The first-order valence-corrected chi connectivity index (χ1v) is 6.74. The van der Waals surface area contributed by atoms with Gasteiger partial charge >= 0.3 is 0 Å². The van der Waals surface area contributed by atoms with Crippen LogP contribution in [0.1, 0.15) is 30.0 Å². The molecular formula is C15H18FN3O2. The molecule has 0 aliphatic carbocycles. The molecule has 0 aliphatic rings. The van der Waals surface area contributed by atoms with Gasteiger partial charge in [0.25, 0.3) is 0 Å². The number of hydrogen-bond donors (Lipinski definition) is 0. The number of methoxy groups -OCH3 is 1. The van der Waals surface area contributed by atoms with Crippen LogP contribution in [0.3, 0.4) is 0 Å².